The van der Waals surface area contributed by atoms with Gasteiger partial charge in [0.05, 0.1) is 0 Å². The van der Waals surface area contributed by atoms with E-state index in [0.717, 1.165) is 62.7 Å². The predicted octanol–water partition coefficient (Wildman–Crippen LogP) is 1.96. The van der Waals surface area contributed by atoms with Gasteiger partial charge >= 0.3 is 0 Å². The number of carbonyl (C=O) groups excluding carboxylic acids is 1. The summed E-state index contributed by atoms with van der Waals surface area (Å²) in [5.41, 5.74) is 0.986. The number of nitrogens with zero attached hydrogens (tertiary/aromatic N) is 5. The zero-order valence-corrected chi connectivity index (χ0v) is 13.9. The number of hydrogen-bond acceptors (Lipinski definition) is 4. The van der Waals surface area contributed by atoms with Gasteiger partial charge in [-0.25, -0.2) is 0 Å². The molecule has 0 spiro atoms. The van der Waals surface area contributed by atoms with Gasteiger partial charge in [-0.1, -0.05) is 6.07 Å². The van der Waals surface area contributed by atoms with Gasteiger partial charge in [0.1, 0.15) is 11.6 Å². The van der Waals surface area contributed by atoms with Gasteiger partial charge in [0.25, 0.3) is 0 Å². The Bertz CT molecular complexity index is 703. The van der Waals surface area contributed by atoms with E-state index in [0.29, 0.717) is 12.3 Å². The molecule has 0 saturated carbocycles. The van der Waals surface area contributed by atoms with Crippen molar-refractivity contribution >= 4 is 5.91 Å². The Kier molecular flexibility index (Phi) is 4.28. The minimum Gasteiger partial charge on any atom is -0.343 e. The van der Waals surface area contributed by atoms with Crippen molar-refractivity contribution in [2.75, 3.05) is 13.1 Å². The van der Waals surface area contributed by atoms with E-state index in [1.807, 2.05) is 23.1 Å². The molecule has 4 rings (SSSR count). The van der Waals surface area contributed by atoms with E-state index >= 15 is 0 Å². The number of piperidine rings is 1. The second kappa shape index (κ2) is 6.71. The lowest BCUT2D eigenvalue weighted by atomic mass is 9.95. The van der Waals surface area contributed by atoms with Crippen LogP contribution in [-0.2, 0) is 24.2 Å². The quantitative estimate of drug-likeness (QED) is 0.862. The predicted molar refractivity (Wildman–Crippen MR) is 89.5 cm³/mol. The standard InChI is InChI=1S/C18H23N5O/c24-17(7-6-15-4-1-2-10-19-15)22-12-8-14(9-13-22)18-21-20-16-5-3-11-23(16)18/h1-2,4,10,14H,3,5-9,11-13H2. The summed E-state index contributed by atoms with van der Waals surface area (Å²) >= 11 is 0. The highest BCUT2D eigenvalue weighted by atomic mass is 16.2. The van der Waals surface area contributed by atoms with Gasteiger partial charge in [0.2, 0.25) is 5.91 Å². The lowest BCUT2D eigenvalue weighted by Crippen LogP contribution is -2.38. The Morgan fingerprint density at radius 2 is 2.04 bits per heavy atom. The van der Waals surface area contributed by atoms with Crippen molar-refractivity contribution in [2.24, 2.45) is 0 Å². The van der Waals surface area contributed by atoms with Crippen molar-refractivity contribution in [2.45, 2.75) is 51.0 Å². The topological polar surface area (TPSA) is 63.9 Å². The number of rotatable bonds is 4. The van der Waals surface area contributed by atoms with Crippen LogP contribution < -0.4 is 0 Å². The van der Waals surface area contributed by atoms with Gasteiger partial charge in [-0.2, -0.15) is 0 Å². The maximum absolute atomic E-state index is 12.4. The minimum absolute atomic E-state index is 0.241. The van der Waals surface area contributed by atoms with Crippen molar-refractivity contribution < 1.29 is 4.79 Å². The molecule has 0 bridgehead atoms. The normalized spacial score (nSPS) is 17.9. The Morgan fingerprint density at radius 1 is 1.17 bits per heavy atom. The largest absolute Gasteiger partial charge is 0.343 e. The maximum Gasteiger partial charge on any atom is 0.222 e. The smallest absolute Gasteiger partial charge is 0.222 e. The van der Waals surface area contributed by atoms with Gasteiger partial charge in [-0.3, -0.25) is 9.78 Å². The molecule has 2 aromatic rings. The molecule has 0 aromatic carbocycles. The van der Waals surface area contributed by atoms with Gasteiger partial charge < -0.3 is 9.47 Å². The zero-order valence-electron chi connectivity index (χ0n) is 13.9. The van der Waals surface area contributed by atoms with Crippen molar-refractivity contribution in [3.05, 3.63) is 41.7 Å². The molecule has 0 radical (unpaired) electrons. The molecule has 1 saturated heterocycles. The van der Waals surface area contributed by atoms with Crippen LogP contribution in [0.1, 0.15) is 48.9 Å². The van der Waals surface area contributed by atoms with Crippen molar-refractivity contribution in [1.82, 2.24) is 24.6 Å². The fraction of sp³-hybridized carbons (Fsp3) is 0.556. The van der Waals surface area contributed by atoms with Crippen LogP contribution >= 0.6 is 0 Å². The molecule has 1 amide bonds. The van der Waals surface area contributed by atoms with E-state index in [9.17, 15) is 4.79 Å². The molecule has 1 fully saturated rings. The van der Waals surface area contributed by atoms with Crippen LogP contribution in [0.2, 0.25) is 0 Å². The second-order valence-corrected chi connectivity index (χ2v) is 6.71. The van der Waals surface area contributed by atoms with Gasteiger partial charge in [0.15, 0.2) is 0 Å². The molecule has 2 aromatic heterocycles. The number of carbonyl (C=O) groups is 1. The fourth-order valence-corrected chi connectivity index (χ4v) is 3.80. The molecular weight excluding hydrogens is 302 g/mol. The lowest BCUT2D eigenvalue weighted by Gasteiger charge is -2.31. The van der Waals surface area contributed by atoms with Crippen LogP contribution in [0, 0.1) is 0 Å². The molecule has 4 heterocycles. The van der Waals surface area contributed by atoms with E-state index in [4.69, 9.17) is 0 Å². The molecule has 126 valence electrons. The molecule has 0 N–H and O–H groups in total. The van der Waals surface area contributed by atoms with Crippen molar-refractivity contribution in [1.29, 1.82) is 0 Å². The molecule has 0 unspecified atom stereocenters. The highest BCUT2D eigenvalue weighted by Crippen LogP contribution is 2.29. The first-order chi connectivity index (χ1) is 11.8. The minimum atomic E-state index is 0.241. The van der Waals surface area contributed by atoms with Crippen LogP contribution in [-0.4, -0.2) is 43.6 Å². The number of aromatic nitrogens is 4. The Labute approximate surface area is 141 Å². The summed E-state index contributed by atoms with van der Waals surface area (Å²) in [4.78, 5) is 18.7. The summed E-state index contributed by atoms with van der Waals surface area (Å²) < 4.78 is 2.29. The average molecular weight is 325 g/mol. The van der Waals surface area contributed by atoms with E-state index in [2.05, 4.69) is 19.7 Å². The summed E-state index contributed by atoms with van der Waals surface area (Å²) in [6.07, 6.45) is 7.27. The van der Waals surface area contributed by atoms with Crippen LogP contribution in [0.3, 0.4) is 0 Å². The molecule has 2 aliphatic heterocycles. The monoisotopic (exact) mass is 325 g/mol. The first-order valence-electron chi connectivity index (χ1n) is 8.91. The number of fused-ring (bicyclic) bond motifs is 1. The third kappa shape index (κ3) is 3.05. The number of aryl methyl sites for hydroxylation is 2. The number of hydrogen-bond donors (Lipinski definition) is 0. The Hall–Kier alpha value is -2.24. The van der Waals surface area contributed by atoms with Crippen molar-refractivity contribution in [3.63, 3.8) is 0 Å². The van der Waals surface area contributed by atoms with Crippen molar-refractivity contribution in [3.8, 4) is 0 Å². The van der Waals surface area contributed by atoms with Crippen LogP contribution in [0.15, 0.2) is 24.4 Å². The van der Waals surface area contributed by atoms with E-state index in [1.165, 1.54) is 6.42 Å². The molecule has 0 aliphatic carbocycles. The SMILES string of the molecule is O=C(CCc1ccccn1)N1CCC(c2nnc3n2CCC3)CC1. The highest BCUT2D eigenvalue weighted by molar-refractivity contribution is 5.76. The number of pyridine rings is 1. The van der Waals surface area contributed by atoms with Crippen LogP contribution in [0.5, 0.6) is 0 Å². The summed E-state index contributed by atoms with van der Waals surface area (Å²) in [5, 5.41) is 8.72. The zero-order chi connectivity index (χ0) is 16.4. The van der Waals surface area contributed by atoms with Gasteiger partial charge in [0, 0.05) is 50.3 Å². The van der Waals surface area contributed by atoms with E-state index in [-0.39, 0.29) is 5.91 Å². The third-order valence-corrected chi connectivity index (χ3v) is 5.17. The molecule has 24 heavy (non-hydrogen) atoms. The Balaban J connectivity index is 1.30. The molecular formula is C18H23N5O. The first-order valence-corrected chi connectivity index (χ1v) is 8.91. The summed E-state index contributed by atoms with van der Waals surface area (Å²) in [7, 11) is 0. The number of amides is 1. The molecule has 6 nitrogen and oxygen atoms in total. The highest BCUT2D eigenvalue weighted by Gasteiger charge is 2.29. The summed E-state index contributed by atoms with van der Waals surface area (Å²) in [6.45, 7) is 2.71. The molecule has 0 atom stereocenters. The third-order valence-electron chi connectivity index (χ3n) is 5.17. The maximum atomic E-state index is 12.4. The lowest BCUT2D eigenvalue weighted by molar-refractivity contribution is -0.132. The second-order valence-electron chi connectivity index (χ2n) is 6.71. The first kappa shape index (κ1) is 15.3. The fourth-order valence-electron chi connectivity index (χ4n) is 3.80. The molecule has 2 aliphatic rings. The van der Waals surface area contributed by atoms with Gasteiger partial charge in [-0.05, 0) is 37.8 Å². The van der Waals surface area contributed by atoms with Crippen LogP contribution in [0.4, 0.5) is 0 Å². The van der Waals surface area contributed by atoms with Gasteiger partial charge in [-0.15, -0.1) is 10.2 Å². The van der Waals surface area contributed by atoms with E-state index in [1.54, 1.807) is 6.20 Å². The van der Waals surface area contributed by atoms with Crippen LogP contribution in [0.25, 0.3) is 0 Å². The summed E-state index contributed by atoms with van der Waals surface area (Å²) in [6, 6.07) is 5.85. The Morgan fingerprint density at radius 3 is 2.83 bits per heavy atom. The summed E-state index contributed by atoms with van der Waals surface area (Å²) in [5.74, 6) is 2.97. The molecule has 6 heteroatoms. The van der Waals surface area contributed by atoms with E-state index < -0.39 is 0 Å². The number of likely N-dealkylation sites (tertiary alicyclic amines) is 1. The average Bonchev–Trinajstić information content (AvgIpc) is 3.24.